The Morgan fingerprint density at radius 3 is 2.81 bits per heavy atom. The lowest BCUT2D eigenvalue weighted by molar-refractivity contribution is 0.201. The Balaban J connectivity index is 0.00000128. The first kappa shape index (κ1) is 13.9. The minimum Gasteiger partial charge on any atom is -0.312 e. The zero-order valence-corrected chi connectivity index (χ0v) is 11.7. The maximum absolute atomic E-state index is 4.47. The van der Waals surface area contributed by atoms with Crippen LogP contribution in [0.4, 0.5) is 0 Å². The molecule has 1 N–H and O–H groups in total. The molecule has 1 saturated heterocycles. The van der Waals surface area contributed by atoms with Crippen molar-refractivity contribution in [1.82, 2.24) is 15.2 Å². The summed E-state index contributed by atoms with van der Waals surface area (Å²) in [5, 5.41) is 4.65. The fraction of sp³-hybridized carbons (Fsp3) is 0.727. The summed E-state index contributed by atoms with van der Waals surface area (Å²) >= 11 is 1.84. The molecule has 92 valence electrons. The summed E-state index contributed by atoms with van der Waals surface area (Å²) in [5.41, 5.74) is 1.21. The van der Waals surface area contributed by atoms with Crippen LogP contribution in [0.3, 0.4) is 0 Å². The Labute approximate surface area is 108 Å². The standard InChI is InChI=1S/C11H19N3S.ClH/c1-8-6-14(5-4-12-8)7-11-9(2)13-10(3)15-11;/h8,12H,4-7H2,1-3H3;1H/t8-;/m0./s1. The number of aromatic nitrogens is 1. The number of aryl methyl sites for hydroxylation is 2. The van der Waals surface area contributed by atoms with Crippen LogP contribution >= 0.6 is 23.7 Å². The predicted octanol–water partition coefficient (Wildman–Crippen LogP) is 1.98. The first-order valence-electron chi connectivity index (χ1n) is 5.54. The summed E-state index contributed by atoms with van der Waals surface area (Å²) in [6.45, 7) is 10.9. The van der Waals surface area contributed by atoms with E-state index in [4.69, 9.17) is 0 Å². The SMILES string of the molecule is Cc1nc(C)c(CN2CCN[C@@H](C)C2)s1.Cl. The van der Waals surface area contributed by atoms with Gasteiger partial charge in [-0.25, -0.2) is 4.98 Å². The Hall–Kier alpha value is -0.160. The maximum atomic E-state index is 4.47. The van der Waals surface area contributed by atoms with E-state index in [-0.39, 0.29) is 12.4 Å². The van der Waals surface area contributed by atoms with Gasteiger partial charge in [0.1, 0.15) is 0 Å². The van der Waals surface area contributed by atoms with Crippen molar-refractivity contribution in [3.63, 3.8) is 0 Å². The highest BCUT2D eigenvalue weighted by Gasteiger charge is 2.17. The summed E-state index contributed by atoms with van der Waals surface area (Å²) in [5.74, 6) is 0. The van der Waals surface area contributed by atoms with Gasteiger partial charge in [0.2, 0.25) is 0 Å². The average Bonchev–Trinajstić information content (AvgIpc) is 2.45. The van der Waals surface area contributed by atoms with Gasteiger partial charge in [-0.1, -0.05) is 0 Å². The highest BCUT2D eigenvalue weighted by atomic mass is 35.5. The molecular formula is C11H20ClN3S. The minimum atomic E-state index is 0. The molecule has 1 fully saturated rings. The molecule has 0 bridgehead atoms. The van der Waals surface area contributed by atoms with E-state index < -0.39 is 0 Å². The molecule has 3 nitrogen and oxygen atoms in total. The number of hydrogen-bond acceptors (Lipinski definition) is 4. The van der Waals surface area contributed by atoms with Crippen molar-refractivity contribution in [3.05, 3.63) is 15.6 Å². The Morgan fingerprint density at radius 2 is 2.25 bits per heavy atom. The molecule has 5 heteroatoms. The molecule has 0 saturated carbocycles. The monoisotopic (exact) mass is 261 g/mol. The third kappa shape index (κ3) is 3.42. The normalized spacial score (nSPS) is 21.8. The van der Waals surface area contributed by atoms with Crippen molar-refractivity contribution in [2.75, 3.05) is 19.6 Å². The van der Waals surface area contributed by atoms with Gasteiger partial charge in [-0.05, 0) is 20.8 Å². The Bertz CT molecular complexity index is 340. The number of nitrogens with one attached hydrogen (secondary N) is 1. The van der Waals surface area contributed by atoms with E-state index >= 15 is 0 Å². The van der Waals surface area contributed by atoms with Crippen LogP contribution in [-0.2, 0) is 6.54 Å². The van der Waals surface area contributed by atoms with Gasteiger partial charge in [0.25, 0.3) is 0 Å². The van der Waals surface area contributed by atoms with Gasteiger partial charge < -0.3 is 5.32 Å². The van der Waals surface area contributed by atoms with Crippen molar-refractivity contribution in [2.24, 2.45) is 0 Å². The molecule has 2 rings (SSSR count). The van der Waals surface area contributed by atoms with Crippen LogP contribution in [0, 0.1) is 13.8 Å². The van der Waals surface area contributed by atoms with E-state index in [1.165, 1.54) is 15.6 Å². The molecule has 1 aliphatic heterocycles. The minimum absolute atomic E-state index is 0. The molecule has 0 aromatic carbocycles. The fourth-order valence-electron chi connectivity index (χ4n) is 2.08. The molecule has 2 heterocycles. The Morgan fingerprint density at radius 1 is 1.50 bits per heavy atom. The average molecular weight is 262 g/mol. The topological polar surface area (TPSA) is 28.2 Å². The quantitative estimate of drug-likeness (QED) is 0.883. The lowest BCUT2D eigenvalue weighted by Gasteiger charge is -2.31. The van der Waals surface area contributed by atoms with Crippen LogP contribution in [0.1, 0.15) is 22.5 Å². The van der Waals surface area contributed by atoms with Gasteiger partial charge in [-0.15, -0.1) is 23.7 Å². The summed E-state index contributed by atoms with van der Waals surface area (Å²) in [7, 11) is 0. The third-order valence-electron chi connectivity index (χ3n) is 2.82. The molecule has 0 unspecified atom stereocenters. The van der Waals surface area contributed by atoms with Crippen LogP contribution < -0.4 is 5.32 Å². The zero-order valence-electron chi connectivity index (χ0n) is 10.1. The van der Waals surface area contributed by atoms with E-state index in [0.717, 1.165) is 26.2 Å². The smallest absolute Gasteiger partial charge is 0.0900 e. The highest BCUT2D eigenvalue weighted by Crippen LogP contribution is 2.19. The largest absolute Gasteiger partial charge is 0.312 e. The van der Waals surface area contributed by atoms with E-state index in [1.54, 1.807) is 0 Å². The molecule has 1 aromatic rings. The number of hydrogen-bond donors (Lipinski definition) is 1. The van der Waals surface area contributed by atoms with Gasteiger partial charge in [-0.3, -0.25) is 4.90 Å². The van der Waals surface area contributed by atoms with Gasteiger partial charge >= 0.3 is 0 Å². The number of thiazole rings is 1. The van der Waals surface area contributed by atoms with Crippen molar-refractivity contribution in [3.8, 4) is 0 Å². The number of piperazine rings is 1. The molecular weight excluding hydrogens is 242 g/mol. The van der Waals surface area contributed by atoms with Crippen LogP contribution in [0.2, 0.25) is 0 Å². The number of rotatable bonds is 2. The molecule has 1 aromatic heterocycles. The molecule has 16 heavy (non-hydrogen) atoms. The second-order valence-electron chi connectivity index (χ2n) is 4.33. The van der Waals surface area contributed by atoms with Crippen molar-refractivity contribution < 1.29 is 0 Å². The van der Waals surface area contributed by atoms with Gasteiger partial charge in [0.15, 0.2) is 0 Å². The number of nitrogens with zero attached hydrogens (tertiary/aromatic N) is 2. The van der Waals surface area contributed by atoms with Crippen LogP contribution in [0.25, 0.3) is 0 Å². The lowest BCUT2D eigenvalue weighted by Crippen LogP contribution is -2.48. The molecule has 0 aliphatic carbocycles. The van der Waals surface area contributed by atoms with Crippen LogP contribution in [0.5, 0.6) is 0 Å². The first-order valence-corrected chi connectivity index (χ1v) is 6.35. The lowest BCUT2D eigenvalue weighted by atomic mass is 10.2. The van der Waals surface area contributed by atoms with Crippen molar-refractivity contribution in [2.45, 2.75) is 33.4 Å². The van der Waals surface area contributed by atoms with E-state index in [9.17, 15) is 0 Å². The summed E-state index contributed by atoms with van der Waals surface area (Å²) in [6, 6.07) is 0.619. The molecule has 1 aliphatic rings. The molecule has 0 spiro atoms. The second kappa shape index (κ2) is 5.96. The van der Waals surface area contributed by atoms with Gasteiger partial charge in [-0.2, -0.15) is 0 Å². The van der Waals surface area contributed by atoms with Crippen molar-refractivity contribution in [1.29, 1.82) is 0 Å². The van der Waals surface area contributed by atoms with E-state index in [0.29, 0.717) is 6.04 Å². The number of halogens is 1. The third-order valence-corrected chi connectivity index (χ3v) is 3.88. The van der Waals surface area contributed by atoms with Crippen molar-refractivity contribution >= 4 is 23.7 Å². The summed E-state index contributed by atoms with van der Waals surface area (Å²) < 4.78 is 0. The molecule has 1 atom stereocenters. The highest BCUT2D eigenvalue weighted by molar-refractivity contribution is 7.11. The summed E-state index contributed by atoms with van der Waals surface area (Å²) in [4.78, 5) is 8.42. The van der Waals surface area contributed by atoms with Crippen LogP contribution in [-0.4, -0.2) is 35.6 Å². The predicted molar refractivity (Wildman–Crippen MR) is 71.6 cm³/mol. The van der Waals surface area contributed by atoms with Gasteiger partial charge in [0.05, 0.1) is 10.7 Å². The van der Waals surface area contributed by atoms with Gasteiger partial charge in [0, 0.05) is 37.1 Å². The molecule has 0 radical (unpaired) electrons. The van der Waals surface area contributed by atoms with E-state index in [2.05, 4.69) is 36.0 Å². The second-order valence-corrected chi connectivity index (χ2v) is 5.62. The zero-order chi connectivity index (χ0) is 10.8. The first-order chi connectivity index (χ1) is 7.15. The Kier molecular flexibility index (Phi) is 5.18. The molecule has 0 amide bonds. The fourth-order valence-corrected chi connectivity index (χ4v) is 3.06. The van der Waals surface area contributed by atoms with E-state index in [1.807, 2.05) is 11.3 Å². The maximum Gasteiger partial charge on any atom is 0.0900 e. The van der Waals surface area contributed by atoms with Crippen LogP contribution in [0.15, 0.2) is 0 Å². The summed E-state index contributed by atoms with van der Waals surface area (Å²) in [6.07, 6.45) is 0.